The Kier molecular flexibility index (Phi) is 6.12. The average Bonchev–Trinajstić information content (AvgIpc) is 2.33. The van der Waals surface area contributed by atoms with Crippen LogP contribution in [0.3, 0.4) is 0 Å². The van der Waals surface area contributed by atoms with Gasteiger partial charge in [-0.15, -0.1) is 0 Å². The third kappa shape index (κ3) is 4.64. The Morgan fingerprint density at radius 1 is 1.22 bits per heavy atom. The van der Waals surface area contributed by atoms with Crippen LogP contribution in [-0.2, 0) is 9.53 Å². The lowest BCUT2D eigenvalue weighted by Gasteiger charge is -2.06. The fourth-order valence-electron chi connectivity index (χ4n) is 1.30. The van der Waals surface area contributed by atoms with Crippen molar-refractivity contribution in [3.63, 3.8) is 0 Å². The molecule has 0 saturated heterocycles. The van der Waals surface area contributed by atoms with Crippen LogP contribution in [0.2, 0.25) is 0 Å². The summed E-state index contributed by atoms with van der Waals surface area (Å²) in [6, 6.07) is 0. The number of aromatic nitrogens is 2. The van der Waals surface area contributed by atoms with Gasteiger partial charge in [-0.05, 0) is 32.8 Å². The number of rotatable bonds is 6. The third-order valence-corrected chi connectivity index (χ3v) is 3.51. The number of nitrogens with zero attached hydrogens (tertiary/aromatic N) is 2. The molecule has 18 heavy (non-hydrogen) atoms. The summed E-state index contributed by atoms with van der Waals surface area (Å²) in [5, 5.41) is 0.642. The van der Waals surface area contributed by atoms with Gasteiger partial charge in [0.05, 0.1) is 12.4 Å². The summed E-state index contributed by atoms with van der Waals surface area (Å²) < 4.78 is 5.07. The van der Waals surface area contributed by atoms with Gasteiger partial charge in [-0.1, -0.05) is 25.1 Å². The minimum atomic E-state index is -0.201. The fraction of sp³-hybridized carbons (Fsp3) is 0.615. The van der Waals surface area contributed by atoms with Gasteiger partial charge in [0, 0.05) is 11.4 Å². The summed E-state index contributed by atoms with van der Waals surface area (Å²) in [5.41, 5.74) is 3.03. The highest BCUT2D eigenvalue weighted by atomic mass is 32.2. The van der Waals surface area contributed by atoms with Gasteiger partial charge in [0.1, 0.15) is 0 Å². The number of hydrogen-bond donors (Lipinski definition) is 0. The molecule has 0 spiro atoms. The zero-order chi connectivity index (χ0) is 13.5. The second-order valence-corrected chi connectivity index (χ2v) is 5.11. The molecule has 0 fully saturated rings. The van der Waals surface area contributed by atoms with Crippen molar-refractivity contribution in [3.05, 3.63) is 17.0 Å². The molecule has 0 aliphatic heterocycles. The zero-order valence-electron chi connectivity index (χ0n) is 11.4. The minimum Gasteiger partial charge on any atom is -0.465 e. The number of aryl methyl sites for hydroxylation is 2. The highest BCUT2D eigenvalue weighted by Crippen LogP contribution is 2.17. The predicted molar refractivity (Wildman–Crippen MR) is 72.8 cm³/mol. The van der Waals surface area contributed by atoms with Crippen LogP contribution >= 0.6 is 11.8 Å². The molecule has 0 atom stereocenters. The van der Waals surface area contributed by atoms with Crippen LogP contribution in [-0.4, -0.2) is 28.3 Å². The molecule has 0 aromatic carbocycles. The summed E-state index contributed by atoms with van der Waals surface area (Å²) >= 11 is 1.33. The van der Waals surface area contributed by atoms with E-state index in [9.17, 15) is 4.79 Å². The maximum Gasteiger partial charge on any atom is 0.316 e. The van der Waals surface area contributed by atoms with E-state index in [1.807, 2.05) is 20.8 Å². The highest BCUT2D eigenvalue weighted by Gasteiger charge is 2.08. The van der Waals surface area contributed by atoms with Crippen molar-refractivity contribution in [1.29, 1.82) is 0 Å². The zero-order valence-corrected chi connectivity index (χ0v) is 12.3. The lowest BCUT2D eigenvalue weighted by atomic mass is 10.2. The van der Waals surface area contributed by atoms with Crippen molar-refractivity contribution in [2.45, 2.75) is 45.7 Å². The largest absolute Gasteiger partial charge is 0.465 e. The lowest BCUT2D eigenvalue weighted by Crippen LogP contribution is -2.09. The van der Waals surface area contributed by atoms with Gasteiger partial charge in [-0.25, -0.2) is 9.97 Å². The molecule has 1 heterocycles. The van der Waals surface area contributed by atoms with Gasteiger partial charge in [-0.2, -0.15) is 0 Å². The molecule has 0 aliphatic carbocycles. The SMILES string of the molecule is CCCCOC(=O)CSc1nc(C)c(C)c(C)n1. The van der Waals surface area contributed by atoms with Crippen molar-refractivity contribution in [2.24, 2.45) is 0 Å². The number of esters is 1. The van der Waals surface area contributed by atoms with Crippen LogP contribution in [0.25, 0.3) is 0 Å². The molecule has 1 aromatic heterocycles. The van der Waals surface area contributed by atoms with Gasteiger partial charge in [0.2, 0.25) is 0 Å². The first-order chi connectivity index (χ1) is 8.54. The number of carbonyl (C=O) groups excluding carboxylic acids is 1. The Bertz CT molecular complexity index is 398. The van der Waals surface area contributed by atoms with E-state index in [4.69, 9.17) is 4.74 Å². The molecular weight excluding hydrogens is 248 g/mol. The molecule has 4 nitrogen and oxygen atoms in total. The molecule has 0 N–H and O–H groups in total. The highest BCUT2D eigenvalue weighted by molar-refractivity contribution is 7.99. The first kappa shape index (κ1) is 15.0. The maximum atomic E-state index is 11.4. The van der Waals surface area contributed by atoms with Crippen molar-refractivity contribution in [3.8, 4) is 0 Å². The van der Waals surface area contributed by atoms with E-state index in [1.54, 1.807) is 0 Å². The van der Waals surface area contributed by atoms with Crippen LogP contribution in [0.4, 0.5) is 0 Å². The first-order valence-corrected chi connectivity index (χ1v) is 7.13. The summed E-state index contributed by atoms with van der Waals surface area (Å²) in [5.74, 6) is 0.0685. The van der Waals surface area contributed by atoms with Crippen molar-refractivity contribution >= 4 is 17.7 Å². The Balaban J connectivity index is 2.46. The number of unbranched alkanes of at least 4 members (excludes halogenated alkanes) is 1. The molecule has 0 aliphatic rings. The second-order valence-electron chi connectivity index (χ2n) is 4.16. The Hall–Kier alpha value is -1.10. The van der Waals surface area contributed by atoms with Crippen molar-refractivity contribution in [2.75, 3.05) is 12.4 Å². The molecule has 0 saturated carbocycles. The van der Waals surface area contributed by atoms with E-state index in [0.29, 0.717) is 11.8 Å². The Labute approximate surface area is 113 Å². The van der Waals surface area contributed by atoms with Gasteiger partial charge in [0.25, 0.3) is 0 Å². The van der Waals surface area contributed by atoms with E-state index in [0.717, 1.165) is 29.8 Å². The van der Waals surface area contributed by atoms with Crippen LogP contribution in [0.15, 0.2) is 5.16 Å². The molecular formula is C13H20N2O2S. The minimum absolute atomic E-state index is 0.201. The number of hydrogen-bond acceptors (Lipinski definition) is 5. The summed E-state index contributed by atoms with van der Waals surface area (Å²) in [7, 11) is 0. The Morgan fingerprint density at radius 2 is 1.83 bits per heavy atom. The van der Waals surface area contributed by atoms with E-state index in [-0.39, 0.29) is 11.7 Å². The summed E-state index contributed by atoms with van der Waals surface area (Å²) in [6.07, 6.45) is 1.94. The fourth-order valence-corrected chi connectivity index (χ4v) is 2.03. The molecule has 0 radical (unpaired) electrons. The van der Waals surface area contributed by atoms with E-state index >= 15 is 0 Å². The van der Waals surface area contributed by atoms with Gasteiger partial charge >= 0.3 is 5.97 Å². The van der Waals surface area contributed by atoms with E-state index < -0.39 is 0 Å². The molecule has 5 heteroatoms. The smallest absolute Gasteiger partial charge is 0.316 e. The summed E-state index contributed by atoms with van der Waals surface area (Å²) in [6.45, 7) is 8.47. The van der Waals surface area contributed by atoms with Crippen LogP contribution in [0.1, 0.15) is 36.7 Å². The average molecular weight is 268 g/mol. The van der Waals surface area contributed by atoms with Crippen LogP contribution in [0.5, 0.6) is 0 Å². The molecule has 1 aromatic rings. The molecule has 0 bridgehead atoms. The first-order valence-electron chi connectivity index (χ1n) is 6.14. The topological polar surface area (TPSA) is 52.1 Å². The van der Waals surface area contributed by atoms with Crippen molar-refractivity contribution in [1.82, 2.24) is 9.97 Å². The van der Waals surface area contributed by atoms with Gasteiger partial charge in [0.15, 0.2) is 5.16 Å². The predicted octanol–water partition coefficient (Wildman–Crippen LogP) is 2.84. The monoisotopic (exact) mass is 268 g/mol. The van der Waals surface area contributed by atoms with Gasteiger partial charge < -0.3 is 4.74 Å². The molecule has 1 rings (SSSR count). The molecule has 100 valence electrons. The van der Waals surface area contributed by atoms with Gasteiger partial charge in [-0.3, -0.25) is 4.79 Å². The second kappa shape index (κ2) is 7.36. The lowest BCUT2D eigenvalue weighted by molar-refractivity contribution is -0.140. The normalized spacial score (nSPS) is 10.4. The Morgan fingerprint density at radius 3 is 2.39 bits per heavy atom. The van der Waals surface area contributed by atoms with Crippen LogP contribution in [0, 0.1) is 20.8 Å². The third-order valence-electron chi connectivity index (χ3n) is 2.69. The molecule has 0 amide bonds. The molecule has 0 unspecified atom stereocenters. The standard InChI is InChI=1S/C13H20N2O2S/c1-5-6-7-17-12(16)8-18-13-14-10(3)9(2)11(4)15-13/h5-8H2,1-4H3. The summed E-state index contributed by atoms with van der Waals surface area (Å²) in [4.78, 5) is 20.1. The number of ether oxygens (including phenoxy) is 1. The van der Waals surface area contributed by atoms with E-state index in [1.165, 1.54) is 11.8 Å². The quantitative estimate of drug-likeness (QED) is 0.344. The van der Waals surface area contributed by atoms with Crippen molar-refractivity contribution < 1.29 is 9.53 Å². The van der Waals surface area contributed by atoms with E-state index in [2.05, 4.69) is 16.9 Å². The van der Waals surface area contributed by atoms with Crippen LogP contribution < -0.4 is 0 Å². The number of carbonyl (C=O) groups is 1. The maximum absolute atomic E-state index is 11.4. The number of thioether (sulfide) groups is 1.